The Kier molecular flexibility index (Phi) is 4.99. The van der Waals surface area contributed by atoms with Gasteiger partial charge in [-0.2, -0.15) is 0 Å². The van der Waals surface area contributed by atoms with Gasteiger partial charge in [-0.05, 0) is 26.0 Å². The molecule has 1 N–H and O–H groups in total. The summed E-state index contributed by atoms with van der Waals surface area (Å²) in [6.45, 7) is 9.28. The van der Waals surface area contributed by atoms with E-state index in [1.54, 1.807) is 0 Å². The van der Waals surface area contributed by atoms with Gasteiger partial charge in [0.15, 0.2) is 5.78 Å². The van der Waals surface area contributed by atoms with Crippen molar-refractivity contribution in [3.05, 3.63) is 29.8 Å². The molecular weight excluding hydrogens is 292 g/mol. The number of hydrogen-bond donors (Lipinski definition) is 1. The minimum atomic E-state index is -0.560. The van der Waals surface area contributed by atoms with Gasteiger partial charge >= 0.3 is 0 Å². The summed E-state index contributed by atoms with van der Waals surface area (Å²) < 4.78 is 11.3. The number of nitrogens with zero attached hydrogens (tertiary/aromatic N) is 1. The lowest BCUT2D eigenvalue weighted by atomic mass is 9.78. The van der Waals surface area contributed by atoms with Crippen LogP contribution >= 0.6 is 0 Å². The van der Waals surface area contributed by atoms with Crippen LogP contribution in [-0.4, -0.2) is 57.9 Å². The van der Waals surface area contributed by atoms with E-state index in [9.17, 15) is 4.79 Å². The molecule has 2 saturated heterocycles. The Morgan fingerprint density at radius 1 is 1.22 bits per heavy atom. The quantitative estimate of drug-likeness (QED) is 0.857. The van der Waals surface area contributed by atoms with Crippen molar-refractivity contribution in [1.82, 2.24) is 5.32 Å². The van der Waals surface area contributed by atoms with Crippen molar-refractivity contribution in [1.29, 1.82) is 0 Å². The smallest absolute Gasteiger partial charge is 0.173 e. The standard InChI is InChI=1S/C18H26N2O3/c1-18(2,16-13-19-7-10-23-16)17(21)14-5-3-4-6-15(14)20-8-11-22-12-9-20/h3-6,16,19H,7-13H2,1-2H3. The largest absolute Gasteiger partial charge is 0.378 e. The molecule has 5 nitrogen and oxygen atoms in total. The summed E-state index contributed by atoms with van der Waals surface area (Å²) in [6, 6.07) is 7.90. The Morgan fingerprint density at radius 2 is 1.96 bits per heavy atom. The Hall–Kier alpha value is -1.43. The van der Waals surface area contributed by atoms with E-state index in [1.807, 2.05) is 38.1 Å². The number of hydrogen-bond acceptors (Lipinski definition) is 5. The molecule has 23 heavy (non-hydrogen) atoms. The number of morpholine rings is 2. The molecule has 2 fully saturated rings. The second-order valence-corrected chi connectivity index (χ2v) is 6.73. The van der Waals surface area contributed by atoms with Crippen molar-refractivity contribution in [2.24, 2.45) is 5.41 Å². The van der Waals surface area contributed by atoms with Gasteiger partial charge in [-0.15, -0.1) is 0 Å². The summed E-state index contributed by atoms with van der Waals surface area (Å²) in [4.78, 5) is 15.5. The van der Waals surface area contributed by atoms with Gasteiger partial charge in [-0.25, -0.2) is 0 Å². The molecule has 1 unspecified atom stereocenters. The third-order valence-electron chi connectivity index (χ3n) is 4.82. The number of carbonyl (C=O) groups is 1. The van der Waals surface area contributed by atoms with Gasteiger partial charge in [0.25, 0.3) is 0 Å². The topological polar surface area (TPSA) is 50.8 Å². The number of nitrogens with one attached hydrogen (secondary N) is 1. The molecule has 126 valence electrons. The first-order chi connectivity index (χ1) is 11.1. The number of rotatable bonds is 4. The van der Waals surface area contributed by atoms with Gasteiger partial charge in [0.2, 0.25) is 0 Å². The second-order valence-electron chi connectivity index (χ2n) is 6.73. The molecule has 0 radical (unpaired) electrons. The van der Waals surface area contributed by atoms with E-state index in [4.69, 9.17) is 9.47 Å². The molecule has 0 aromatic heterocycles. The fraction of sp³-hybridized carbons (Fsp3) is 0.611. The Balaban J connectivity index is 1.86. The lowest BCUT2D eigenvalue weighted by Crippen LogP contribution is -2.50. The zero-order valence-corrected chi connectivity index (χ0v) is 14.0. The van der Waals surface area contributed by atoms with E-state index in [0.29, 0.717) is 19.8 Å². The van der Waals surface area contributed by atoms with Crippen molar-refractivity contribution in [3.63, 3.8) is 0 Å². The molecule has 2 aliphatic rings. The van der Waals surface area contributed by atoms with Crippen LogP contribution in [0.1, 0.15) is 24.2 Å². The van der Waals surface area contributed by atoms with E-state index in [2.05, 4.69) is 10.2 Å². The Morgan fingerprint density at radius 3 is 2.65 bits per heavy atom. The van der Waals surface area contributed by atoms with Crippen molar-refractivity contribution < 1.29 is 14.3 Å². The van der Waals surface area contributed by atoms with Gasteiger partial charge in [0.1, 0.15) is 0 Å². The van der Waals surface area contributed by atoms with Gasteiger partial charge in [0.05, 0.1) is 31.3 Å². The van der Waals surface area contributed by atoms with E-state index >= 15 is 0 Å². The van der Waals surface area contributed by atoms with E-state index < -0.39 is 5.41 Å². The molecule has 0 spiro atoms. The van der Waals surface area contributed by atoms with Crippen LogP contribution in [0.2, 0.25) is 0 Å². The molecular formula is C18H26N2O3. The number of ether oxygens (including phenoxy) is 2. The van der Waals surface area contributed by atoms with Gasteiger partial charge in [0, 0.05) is 37.4 Å². The van der Waals surface area contributed by atoms with Crippen LogP contribution in [0.3, 0.4) is 0 Å². The summed E-state index contributed by atoms with van der Waals surface area (Å²) in [5, 5.41) is 3.32. The highest BCUT2D eigenvalue weighted by Gasteiger charge is 2.40. The monoisotopic (exact) mass is 318 g/mol. The average Bonchev–Trinajstić information content (AvgIpc) is 2.62. The zero-order chi connectivity index (χ0) is 16.3. The zero-order valence-electron chi connectivity index (χ0n) is 14.0. The first kappa shape index (κ1) is 16.4. The number of Topliss-reactive ketones (excluding diaryl/α,β-unsaturated/α-hetero) is 1. The normalized spacial score (nSPS) is 22.9. The summed E-state index contributed by atoms with van der Waals surface area (Å²) in [7, 11) is 0. The van der Waals surface area contributed by atoms with Crippen LogP contribution in [0.25, 0.3) is 0 Å². The predicted octanol–water partition coefficient (Wildman–Crippen LogP) is 1.72. The molecule has 1 aromatic carbocycles. The maximum Gasteiger partial charge on any atom is 0.173 e. The molecule has 0 bridgehead atoms. The molecule has 0 saturated carbocycles. The number of para-hydroxylation sites is 1. The van der Waals surface area contributed by atoms with E-state index in [1.165, 1.54) is 0 Å². The highest BCUT2D eigenvalue weighted by molar-refractivity contribution is 6.05. The van der Waals surface area contributed by atoms with Crippen molar-refractivity contribution in [2.75, 3.05) is 50.9 Å². The number of ketones is 1. The summed E-state index contributed by atoms with van der Waals surface area (Å²) >= 11 is 0. The second kappa shape index (κ2) is 6.99. The highest BCUT2D eigenvalue weighted by Crippen LogP contribution is 2.33. The molecule has 3 rings (SSSR count). The van der Waals surface area contributed by atoms with Crippen LogP contribution < -0.4 is 10.2 Å². The Labute approximate surface area is 137 Å². The summed E-state index contributed by atoms with van der Waals surface area (Å²) in [5.41, 5.74) is 1.24. The average molecular weight is 318 g/mol. The number of benzene rings is 1. The highest BCUT2D eigenvalue weighted by atomic mass is 16.5. The molecule has 1 aromatic rings. The van der Waals surface area contributed by atoms with Gasteiger partial charge < -0.3 is 19.7 Å². The maximum atomic E-state index is 13.3. The van der Waals surface area contributed by atoms with Crippen LogP contribution in [0, 0.1) is 5.41 Å². The Bertz CT molecular complexity index is 547. The SMILES string of the molecule is CC(C)(C(=O)c1ccccc1N1CCOCC1)C1CNCCO1. The molecule has 0 amide bonds. The maximum absolute atomic E-state index is 13.3. The molecule has 1 atom stereocenters. The van der Waals surface area contributed by atoms with Crippen molar-refractivity contribution in [2.45, 2.75) is 20.0 Å². The third-order valence-corrected chi connectivity index (χ3v) is 4.82. The first-order valence-electron chi connectivity index (χ1n) is 8.39. The van der Waals surface area contributed by atoms with Crippen molar-refractivity contribution in [3.8, 4) is 0 Å². The first-order valence-corrected chi connectivity index (χ1v) is 8.39. The lowest BCUT2D eigenvalue weighted by molar-refractivity contribution is -0.0324. The van der Waals surface area contributed by atoms with Crippen LogP contribution in [0.4, 0.5) is 5.69 Å². The summed E-state index contributed by atoms with van der Waals surface area (Å²) in [6.07, 6.45) is -0.0958. The van der Waals surface area contributed by atoms with Crippen LogP contribution in [0.15, 0.2) is 24.3 Å². The minimum Gasteiger partial charge on any atom is -0.378 e. The van der Waals surface area contributed by atoms with Crippen molar-refractivity contribution >= 4 is 11.5 Å². The molecule has 2 heterocycles. The number of carbonyl (C=O) groups excluding carboxylic acids is 1. The lowest BCUT2D eigenvalue weighted by Gasteiger charge is -2.37. The number of anilines is 1. The van der Waals surface area contributed by atoms with E-state index in [0.717, 1.165) is 37.4 Å². The minimum absolute atomic E-state index is 0.0958. The van der Waals surface area contributed by atoms with E-state index in [-0.39, 0.29) is 11.9 Å². The van der Waals surface area contributed by atoms with Gasteiger partial charge in [-0.3, -0.25) is 4.79 Å². The molecule has 2 aliphatic heterocycles. The fourth-order valence-electron chi connectivity index (χ4n) is 3.27. The fourth-order valence-corrected chi connectivity index (χ4v) is 3.27. The molecule has 0 aliphatic carbocycles. The van der Waals surface area contributed by atoms with Crippen LogP contribution in [-0.2, 0) is 9.47 Å². The summed E-state index contributed by atoms with van der Waals surface area (Å²) in [5.74, 6) is 0.147. The molecule has 5 heteroatoms. The van der Waals surface area contributed by atoms with Crippen LogP contribution in [0.5, 0.6) is 0 Å². The van der Waals surface area contributed by atoms with Gasteiger partial charge in [-0.1, -0.05) is 12.1 Å². The third kappa shape index (κ3) is 3.42. The predicted molar refractivity (Wildman–Crippen MR) is 90.2 cm³/mol.